The van der Waals surface area contributed by atoms with Crippen LogP contribution in [0, 0.1) is 5.92 Å². The molecule has 25 heavy (non-hydrogen) atoms. The maximum absolute atomic E-state index is 3.91. The molecule has 0 aliphatic carbocycles. The molecule has 0 aliphatic rings. The predicted molar refractivity (Wildman–Crippen MR) is 121 cm³/mol. The van der Waals surface area contributed by atoms with Crippen LogP contribution < -0.4 is 0 Å². The van der Waals surface area contributed by atoms with Gasteiger partial charge in [0, 0.05) is 0 Å². The van der Waals surface area contributed by atoms with E-state index in [0.29, 0.717) is 0 Å². The van der Waals surface area contributed by atoms with Gasteiger partial charge in [-0.25, -0.2) is 0 Å². The standard InChI is InChI=1S/C14H24.C7H16.C4H10/c1-6-10-13(8-3)14(9-4)11-12(5)7-2;1-3-5-7-6-4-2;1-3-4-2/h6,9-10,12H,4,7-8,11H2,1-3,5H3;3-7H2,1-2H3;3-4H2,1-2H3/b10-6-,14-13+;;/t12-;;/m1../s1. The van der Waals surface area contributed by atoms with Crippen molar-refractivity contribution >= 4 is 0 Å². The van der Waals surface area contributed by atoms with Crippen LogP contribution in [0.4, 0.5) is 0 Å². The lowest BCUT2D eigenvalue weighted by Gasteiger charge is -2.12. The highest BCUT2D eigenvalue weighted by atomic mass is 14.1. The molecule has 0 aliphatic heterocycles. The summed E-state index contributed by atoms with van der Waals surface area (Å²) in [4.78, 5) is 0. The fourth-order valence-corrected chi connectivity index (χ4v) is 2.20. The third-order valence-electron chi connectivity index (χ3n) is 4.38. The first kappa shape index (κ1) is 29.0. The van der Waals surface area contributed by atoms with Gasteiger partial charge in [-0.2, -0.15) is 0 Å². The van der Waals surface area contributed by atoms with E-state index in [0.717, 1.165) is 18.8 Å². The molecule has 150 valence electrons. The minimum Gasteiger partial charge on any atom is -0.0988 e. The number of unbranched alkanes of at least 4 members (excludes halogenated alkanes) is 5. The van der Waals surface area contributed by atoms with Crippen molar-refractivity contribution in [1.82, 2.24) is 0 Å². The second kappa shape index (κ2) is 25.5. The van der Waals surface area contributed by atoms with E-state index in [4.69, 9.17) is 0 Å². The summed E-state index contributed by atoms with van der Waals surface area (Å²) >= 11 is 0. The zero-order valence-corrected chi connectivity index (χ0v) is 19.1. The Morgan fingerprint density at radius 3 is 1.60 bits per heavy atom. The Labute approximate surface area is 161 Å². The van der Waals surface area contributed by atoms with Crippen molar-refractivity contribution in [3.05, 3.63) is 36.0 Å². The lowest BCUT2D eigenvalue weighted by atomic mass is 9.94. The minimum absolute atomic E-state index is 0.759. The van der Waals surface area contributed by atoms with E-state index >= 15 is 0 Å². The van der Waals surface area contributed by atoms with Gasteiger partial charge in [0.1, 0.15) is 0 Å². The average Bonchev–Trinajstić information content (AvgIpc) is 2.65. The summed E-state index contributed by atoms with van der Waals surface area (Å²) in [6.07, 6.45) is 19.5. The molecule has 0 unspecified atom stereocenters. The molecule has 0 amide bonds. The topological polar surface area (TPSA) is 0 Å². The summed E-state index contributed by atoms with van der Waals surface area (Å²) in [5.41, 5.74) is 2.85. The molecule has 0 bridgehead atoms. The van der Waals surface area contributed by atoms with E-state index < -0.39 is 0 Å². The van der Waals surface area contributed by atoms with Crippen LogP contribution in [0.25, 0.3) is 0 Å². The highest BCUT2D eigenvalue weighted by molar-refractivity contribution is 5.32. The van der Waals surface area contributed by atoms with Gasteiger partial charge in [0.25, 0.3) is 0 Å². The zero-order valence-electron chi connectivity index (χ0n) is 19.1. The van der Waals surface area contributed by atoms with Gasteiger partial charge in [-0.3, -0.25) is 0 Å². The molecular weight excluding hydrogens is 300 g/mol. The van der Waals surface area contributed by atoms with Crippen LogP contribution in [0.3, 0.4) is 0 Å². The van der Waals surface area contributed by atoms with Gasteiger partial charge in [0.15, 0.2) is 0 Å². The molecule has 0 rings (SSSR count). The quantitative estimate of drug-likeness (QED) is 0.257. The highest BCUT2D eigenvalue weighted by Crippen LogP contribution is 2.21. The molecule has 0 radical (unpaired) electrons. The Bertz CT molecular complexity index is 300. The highest BCUT2D eigenvalue weighted by Gasteiger charge is 2.04. The molecule has 0 fully saturated rings. The Morgan fingerprint density at radius 2 is 1.32 bits per heavy atom. The van der Waals surface area contributed by atoms with E-state index in [-0.39, 0.29) is 0 Å². The monoisotopic (exact) mass is 350 g/mol. The first-order valence-corrected chi connectivity index (χ1v) is 11.0. The smallest absolute Gasteiger partial charge is 0.0251 e. The lowest BCUT2D eigenvalue weighted by Crippen LogP contribution is -1.96. The Kier molecular flexibility index (Phi) is 29.5. The van der Waals surface area contributed by atoms with Crippen molar-refractivity contribution in [3.63, 3.8) is 0 Å². The molecule has 1 atom stereocenters. The van der Waals surface area contributed by atoms with Crippen molar-refractivity contribution < 1.29 is 0 Å². The first-order valence-electron chi connectivity index (χ1n) is 11.0. The third kappa shape index (κ3) is 23.2. The summed E-state index contributed by atoms with van der Waals surface area (Å²) in [7, 11) is 0. The SMILES string of the molecule is C=C/C(C[C@H](C)CC)=C(\C=C/C)CC.CCCC.CCCCCCC. The molecule has 0 N–H and O–H groups in total. The molecule has 0 heteroatoms. The van der Waals surface area contributed by atoms with Crippen LogP contribution in [0.1, 0.15) is 120 Å². The van der Waals surface area contributed by atoms with E-state index in [1.54, 1.807) is 0 Å². The van der Waals surface area contributed by atoms with E-state index in [1.807, 2.05) is 6.08 Å². The average molecular weight is 351 g/mol. The summed E-state index contributed by atoms with van der Waals surface area (Å²) in [6, 6.07) is 0. The largest absolute Gasteiger partial charge is 0.0988 e. The Balaban J connectivity index is -0.000000365. The molecule has 0 aromatic heterocycles. The van der Waals surface area contributed by atoms with Crippen LogP contribution in [0.2, 0.25) is 0 Å². The molecule has 0 nitrogen and oxygen atoms in total. The fourth-order valence-electron chi connectivity index (χ4n) is 2.20. The van der Waals surface area contributed by atoms with Crippen molar-refractivity contribution in [2.45, 2.75) is 120 Å². The van der Waals surface area contributed by atoms with Crippen LogP contribution in [0.5, 0.6) is 0 Å². The lowest BCUT2D eigenvalue weighted by molar-refractivity contribution is 0.560. The van der Waals surface area contributed by atoms with Crippen molar-refractivity contribution in [3.8, 4) is 0 Å². The second-order valence-electron chi connectivity index (χ2n) is 6.89. The van der Waals surface area contributed by atoms with Crippen LogP contribution >= 0.6 is 0 Å². The van der Waals surface area contributed by atoms with Gasteiger partial charge < -0.3 is 0 Å². The molecule has 0 heterocycles. The zero-order chi connectivity index (χ0) is 19.9. The van der Waals surface area contributed by atoms with Crippen LogP contribution in [-0.2, 0) is 0 Å². The first-order chi connectivity index (χ1) is 12.0. The minimum atomic E-state index is 0.759. The van der Waals surface area contributed by atoms with E-state index in [2.05, 4.69) is 74.1 Å². The van der Waals surface area contributed by atoms with Crippen LogP contribution in [-0.4, -0.2) is 0 Å². The normalized spacial score (nSPS) is 12.5. The molecule has 0 saturated heterocycles. The molecular formula is C25H50. The van der Waals surface area contributed by atoms with Gasteiger partial charge in [-0.15, -0.1) is 0 Å². The van der Waals surface area contributed by atoms with Crippen LogP contribution in [0.15, 0.2) is 36.0 Å². The number of rotatable bonds is 11. The number of hydrogen-bond acceptors (Lipinski definition) is 0. The van der Waals surface area contributed by atoms with E-state index in [9.17, 15) is 0 Å². The third-order valence-corrected chi connectivity index (χ3v) is 4.38. The summed E-state index contributed by atoms with van der Waals surface area (Å²) < 4.78 is 0. The van der Waals surface area contributed by atoms with Crippen molar-refractivity contribution in [2.24, 2.45) is 5.92 Å². The summed E-state index contributed by atoms with van der Waals surface area (Å²) in [6.45, 7) is 21.6. The molecule has 0 saturated carbocycles. The fraction of sp³-hybridized carbons (Fsp3) is 0.760. The van der Waals surface area contributed by atoms with E-state index in [1.165, 1.54) is 62.5 Å². The Hall–Kier alpha value is -0.780. The molecule has 0 aromatic rings. The van der Waals surface area contributed by atoms with Crippen molar-refractivity contribution in [1.29, 1.82) is 0 Å². The van der Waals surface area contributed by atoms with Crippen molar-refractivity contribution in [2.75, 3.05) is 0 Å². The Morgan fingerprint density at radius 1 is 0.800 bits per heavy atom. The van der Waals surface area contributed by atoms with Gasteiger partial charge >= 0.3 is 0 Å². The summed E-state index contributed by atoms with van der Waals surface area (Å²) in [5, 5.41) is 0. The molecule has 0 spiro atoms. The maximum atomic E-state index is 3.91. The molecule has 0 aromatic carbocycles. The number of hydrogen-bond donors (Lipinski definition) is 0. The van der Waals surface area contributed by atoms with Gasteiger partial charge in [-0.05, 0) is 36.8 Å². The maximum Gasteiger partial charge on any atom is -0.0251 e. The van der Waals surface area contributed by atoms with Gasteiger partial charge in [0.2, 0.25) is 0 Å². The van der Waals surface area contributed by atoms with Gasteiger partial charge in [-0.1, -0.05) is 125 Å². The predicted octanol–water partition coefficient (Wildman–Crippen LogP) is 9.67. The second-order valence-corrected chi connectivity index (χ2v) is 6.89. The summed E-state index contributed by atoms with van der Waals surface area (Å²) in [5.74, 6) is 0.759. The van der Waals surface area contributed by atoms with Gasteiger partial charge in [0.05, 0.1) is 0 Å². The number of allylic oxidation sites excluding steroid dienone is 5.